The molecular weight excluding hydrogens is 392 g/mol. The zero-order valence-electron chi connectivity index (χ0n) is 16.2. The third-order valence-corrected chi connectivity index (χ3v) is 5.19. The summed E-state index contributed by atoms with van der Waals surface area (Å²) < 4.78 is 0. The molecule has 29 heavy (non-hydrogen) atoms. The number of hydrogen-bond donors (Lipinski definition) is 1. The number of rotatable bonds is 6. The van der Waals surface area contributed by atoms with Gasteiger partial charge >= 0.3 is 0 Å². The van der Waals surface area contributed by atoms with Gasteiger partial charge in [0, 0.05) is 50.1 Å². The molecule has 0 unspecified atom stereocenters. The largest absolute Gasteiger partial charge is 0.368 e. The summed E-state index contributed by atoms with van der Waals surface area (Å²) in [4.78, 5) is 27.2. The molecule has 152 valence electrons. The first-order chi connectivity index (χ1) is 14.0. The van der Waals surface area contributed by atoms with Crippen molar-refractivity contribution in [2.24, 2.45) is 0 Å². The van der Waals surface area contributed by atoms with Gasteiger partial charge < -0.3 is 15.1 Å². The Kier molecular flexibility index (Phi) is 6.85. The first kappa shape index (κ1) is 20.8. The van der Waals surface area contributed by atoms with Gasteiger partial charge in [-0.2, -0.15) is 0 Å². The van der Waals surface area contributed by atoms with Gasteiger partial charge in [-0.3, -0.25) is 14.9 Å². The molecule has 0 saturated carbocycles. The molecule has 1 fully saturated rings. The van der Waals surface area contributed by atoms with Crippen LogP contribution in [-0.4, -0.2) is 48.5 Å². The molecule has 1 N–H and O–H groups in total. The van der Waals surface area contributed by atoms with Gasteiger partial charge in [0.25, 0.3) is 5.69 Å². The van der Waals surface area contributed by atoms with Crippen LogP contribution in [0.4, 0.5) is 17.1 Å². The first-order valence-corrected chi connectivity index (χ1v) is 9.84. The number of benzene rings is 2. The van der Waals surface area contributed by atoms with E-state index in [4.69, 9.17) is 11.6 Å². The molecule has 7 nitrogen and oxygen atoms in total. The number of non-ortho nitro benzene ring substituents is 1. The third-order valence-electron chi connectivity index (χ3n) is 4.88. The lowest BCUT2D eigenvalue weighted by atomic mass is 10.2. The normalized spacial score (nSPS) is 14.9. The molecule has 3 rings (SSSR count). The molecule has 1 aliphatic heterocycles. The first-order valence-electron chi connectivity index (χ1n) is 9.46. The number of amides is 1. The minimum atomic E-state index is -0.469. The van der Waals surface area contributed by atoms with Crippen molar-refractivity contribution in [3.8, 4) is 0 Å². The van der Waals surface area contributed by atoms with E-state index in [1.807, 2.05) is 12.1 Å². The van der Waals surface area contributed by atoms with E-state index in [1.165, 1.54) is 24.3 Å². The van der Waals surface area contributed by atoms with Crippen molar-refractivity contribution in [1.29, 1.82) is 0 Å². The number of likely N-dealkylation sites (N-methyl/N-ethyl adjacent to an activating group) is 1. The standard InChI is InChI=1S/C21H23ClN4O3/c1-2-24-10-12-25(13-11-24)20-8-7-17(15-19(20)22)23-21(27)9-6-16-4-3-5-18(14-16)26(28)29/h3-9,14-15H,2,10-13H2,1H3,(H,23,27). The van der Waals surface area contributed by atoms with Crippen LogP contribution in [-0.2, 0) is 4.79 Å². The van der Waals surface area contributed by atoms with Gasteiger partial charge in [0.05, 0.1) is 15.6 Å². The highest BCUT2D eigenvalue weighted by molar-refractivity contribution is 6.33. The van der Waals surface area contributed by atoms with Crippen LogP contribution in [0.25, 0.3) is 6.08 Å². The highest BCUT2D eigenvalue weighted by atomic mass is 35.5. The summed E-state index contributed by atoms with van der Waals surface area (Å²) in [5.41, 5.74) is 2.12. The van der Waals surface area contributed by atoms with Gasteiger partial charge in [0.2, 0.25) is 5.91 Å². The average Bonchev–Trinajstić information content (AvgIpc) is 2.73. The lowest BCUT2D eigenvalue weighted by Crippen LogP contribution is -2.46. The Balaban J connectivity index is 1.61. The van der Waals surface area contributed by atoms with Crippen molar-refractivity contribution in [3.05, 3.63) is 69.2 Å². The van der Waals surface area contributed by atoms with Gasteiger partial charge in [0.1, 0.15) is 0 Å². The van der Waals surface area contributed by atoms with Crippen LogP contribution >= 0.6 is 11.6 Å². The third kappa shape index (κ3) is 5.56. The van der Waals surface area contributed by atoms with Crippen molar-refractivity contribution in [3.63, 3.8) is 0 Å². The maximum atomic E-state index is 12.2. The summed E-state index contributed by atoms with van der Waals surface area (Å²) in [6.07, 6.45) is 2.87. The second-order valence-corrected chi connectivity index (χ2v) is 7.17. The molecule has 0 spiro atoms. The lowest BCUT2D eigenvalue weighted by Gasteiger charge is -2.36. The molecule has 0 bridgehead atoms. The van der Waals surface area contributed by atoms with Gasteiger partial charge in [-0.1, -0.05) is 30.7 Å². The van der Waals surface area contributed by atoms with E-state index < -0.39 is 4.92 Å². The Labute approximate surface area is 174 Å². The Morgan fingerprint density at radius 3 is 2.62 bits per heavy atom. The predicted octanol–water partition coefficient (Wildman–Crippen LogP) is 4.04. The van der Waals surface area contributed by atoms with Gasteiger partial charge in [0.15, 0.2) is 0 Å². The van der Waals surface area contributed by atoms with E-state index in [-0.39, 0.29) is 11.6 Å². The number of nitrogens with one attached hydrogen (secondary N) is 1. The molecule has 0 aliphatic carbocycles. The van der Waals surface area contributed by atoms with Crippen LogP contribution < -0.4 is 10.2 Å². The molecule has 2 aromatic rings. The molecule has 1 amide bonds. The Morgan fingerprint density at radius 1 is 1.21 bits per heavy atom. The van der Waals surface area contributed by atoms with Crippen LogP contribution in [0, 0.1) is 10.1 Å². The number of nitrogens with zero attached hydrogens (tertiary/aromatic N) is 3. The fourth-order valence-corrected chi connectivity index (χ4v) is 3.54. The topological polar surface area (TPSA) is 78.7 Å². The number of halogens is 1. The van der Waals surface area contributed by atoms with Crippen LogP contribution in [0.3, 0.4) is 0 Å². The van der Waals surface area contributed by atoms with Crippen molar-refractivity contribution in [1.82, 2.24) is 4.90 Å². The summed E-state index contributed by atoms with van der Waals surface area (Å²) >= 11 is 6.45. The number of nitro groups is 1. The summed E-state index contributed by atoms with van der Waals surface area (Å²) in [6, 6.07) is 11.6. The van der Waals surface area contributed by atoms with Crippen LogP contribution in [0.2, 0.25) is 5.02 Å². The summed E-state index contributed by atoms with van der Waals surface area (Å²) in [5.74, 6) is -0.336. The van der Waals surface area contributed by atoms with Gasteiger partial charge in [-0.25, -0.2) is 0 Å². The van der Waals surface area contributed by atoms with Crippen molar-refractivity contribution in [2.45, 2.75) is 6.92 Å². The fraction of sp³-hybridized carbons (Fsp3) is 0.286. The molecule has 1 heterocycles. The van der Waals surface area contributed by atoms with Crippen LogP contribution in [0.15, 0.2) is 48.5 Å². The molecule has 1 saturated heterocycles. The summed E-state index contributed by atoms with van der Waals surface area (Å²) in [5, 5.41) is 14.2. The van der Waals surface area contributed by atoms with Crippen LogP contribution in [0.1, 0.15) is 12.5 Å². The molecule has 8 heteroatoms. The van der Waals surface area contributed by atoms with E-state index >= 15 is 0 Å². The molecule has 0 atom stereocenters. The Morgan fingerprint density at radius 2 is 1.97 bits per heavy atom. The van der Waals surface area contributed by atoms with Crippen molar-refractivity contribution < 1.29 is 9.72 Å². The van der Waals surface area contributed by atoms with Gasteiger partial charge in [-0.15, -0.1) is 0 Å². The molecular formula is C21H23ClN4O3. The Bertz CT molecular complexity index is 924. The number of nitro benzene ring substituents is 1. The van der Waals surface area contributed by atoms with Gasteiger partial charge in [-0.05, 0) is 36.4 Å². The number of carbonyl (C=O) groups excluding carboxylic acids is 1. The van der Waals surface area contributed by atoms with E-state index in [0.717, 1.165) is 38.4 Å². The number of anilines is 2. The SMILES string of the molecule is CCN1CCN(c2ccc(NC(=O)C=Cc3cccc([N+](=O)[O-])c3)cc2Cl)CC1. The Hall–Kier alpha value is -2.90. The van der Waals surface area contributed by atoms with E-state index in [2.05, 4.69) is 22.0 Å². The number of carbonyl (C=O) groups is 1. The minimum absolute atomic E-state index is 0.0188. The quantitative estimate of drug-likeness (QED) is 0.438. The van der Waals surface area contributed by atoms with E-state index in [1.54, 1.807) is 18.2 Å². The van der Waals surface area contributed by atoms with Crippen molar-refractivity contribution in [2.75, 3.05) is 42.9 Å². The summed E-state index contributed by atoms with van der Waals surface area (Å²) in [7, 11) is 0. The molecule has 2 aromatic carbocycles. The second kappa shape index (κ2) is 9.54. The maximum Gasteiger partial charge on any atom is 0.270 e. The lowest BCUT2D eigenvalue weighted by molar-refractivity contribution is -0.384. The van der Waals surface area contributed by atoms with E-state index in [9.17, 15) is 14.9 Å². The number of hydrogen-bond acceptors (Lipinski definition) is 5. The summed E-state index contributed by atoms with van der Waals surface area (Å²) in [6.45, 7) is 7.07. The monoisotopic (exact) mass is 414 g/mol. The smallest absolute Gasteiger partial charge is 0.270 e. The van der Waals surface area contributed by atoms with Crippen LogP contribution in [0.5, 0.6) is 0 Å². The maximum absolute atomic E-state index is 12.2. The highest BCUT2D eigenvalue weighted by Gasteiger charge is 2.18. The molecule has 1 aliphatic rings. The average molecular weight is 415 g/mol. The number of piperazine rings is 1. The minimum Gasteiger partial charge on any atom is -0.368 e. The second-order valence-electron chi connectivity index (χ2n) is 6.76. The zero-order valence-corrected chi connectivity index (χ0v) is 16.9. The molecule has 0 aromatic heterocycles. The predicted molar refractivity (Wildman–Crippen MR) is 117 cm³/mol. The molecule has 0 radical (unpaired) electrons. The van der Waals surface area contributed by atoms with Crippen molar-refractivity contribution >= 4 is 40.6 Å². The fourth-order valence-electron chi connectivity index (χ4n) is 3.24. The van der Waals surface area contributed by atoms with E-state index in [0.29, 0.717) is 16.3 Å². The highest BCUT2D eigenvalue weighted by Crippen LogP contribution is 2.29. The zero-order chi connectivity index (χ0) is 20.8.